The molecule has 0 aromatic carbocycles. The number of carbonyl (C=O) groups is 3. The number of rotatable bonds is 7. The molecule has 7 heteroatoms. The Labute approximate surface area is 117 Å². The molecule has 1 aliphatic rings. The molecular weight excluding hydrogens is 264 g/mol. The van der Waals surface area contributed by atoms with E-state index in [0.717, 1.165) is 19.4 Å². The molecule has 0 aromatic heterocycles. The number of carboxylic acids is 2. The van der Waals surface area contributed by atoms with Crippen molar-refractivity contribution in [3.63, 3.8) is 0 Å². The third-order valence-electron chi connectivity index (χ3n) is 3.67. The van der Waals surface area contributed by atoms with Gasteiger partial charge in [0.2, 0.25) is 5.91 Å². The molecule has 1 amide bonds. The summed E-state index contributed by atoms with van der Waals surface area (Å²) in [6, 6.07) is -1.54. The third-order valence-corrected chi connectivity index (χ3v) is 3.67. The molecule has 0 radical (unpaired) electrons. The monoisotopic (exact) mass is 286 g/mol. The van der Waals surface area contributed by atoms with Crippen LogP contribution in [0.4, 0.5) is 0 Å². The van der Waals surface area contributed by atoms with E-state index in [-0.39, 0.29) is 24.8 Å². The first-order valence-electron chi connectivity index (χ1n) is 6.92. The summed E-state index contributed by atoms with van der Waals surface area (Å²) in [5.41, 5.74) is 0. The summed E-state index contributed by atoms with van der Waals surface area (Å²) >= 11 is 0. The van der Waals surface area contributed by atoms with Gasteiger partial charge in [0, 0.05) is 6.42 Å². The number of hydrogen-bond donors (Lipinski definition) is 4. The van der Waals surface area contributed by atoms with E-state index in [9.17, 15) is 14.4 Å². The summed E-state index contributed by atoms with van der Waals surface area (Å²) < 4.78 is 0. The van der Waals surface area contributed by atoms with Gasteiger partial charge in [-0.2, -0.15) is 0 Å². The summed E-state index contributed by atoms with van der Waals surface area (Å²) in [4.78, 5) is 33.5. The van der Waals surface area contributed by atoms with Gasteiger partial charge in [0.05, 0.1) is 6.04 Å². The molecule has 3 unspecified atom stereocenters. The lowest BCUT2D eigenvalue weighted by Crippen LogP contribution is -2.52. The Morgan fingerprint density at radius 3 is 2.60 bits per heavy atom. The predicted octanol–water partition coefficient (Wildman–Crippen LogP) is 0.199. The zero-order valence-electron chi connectivity index (χ0n) is 11.6. The van der Waals surface area contributed by atoms with Crippen LogP contribution in [0.5, 0.6) is 0 Å². The van der Waals surface area contributed by atoms with Gasteiger partial charge in [-0.25, -0.2) is 4.79 Å². The fourth-order valence-corrected chi connectivity index (χ4v) is 2.36. The molecule has 0 saturated carbocycles. The average molecular weight is 286 g/mol. The highest BCUT2D eigenvalue weighted by atomic mass is 16.4. The van der Waals surface area contributed by atoms with E-state index in [1.807, 2.05) is 0 Å². The van der Waals surface area contributed by atoms with Crippen LogP contribution in [-0.4, -0.2) is 46.7 Å². The van der Waals surface area contributed by atoms with Crippen molar-refractivity contribution in [2.75, 3.05) is 6.54 Å². The zero-order valence-corrected chi connectivity index (χ0v) is 11.6. The fraction of sp³-hybridized carbons (Fsp3) is 0.769. The highest BCUT2D eigenvalue weighted by molar-refractivity contribution is 5.87. The van der Waals surface area contributed by atoms with Crippen molar-refractivity contribution in [3.05, 3.63) is 0 Å². The van der Waals surface area contributed by atoms with Crippen LogP contribution in [0.1, 0.15) is 39.0 Å². The lowest BCUT2D eigenvalue weighted by molar-refractivity contribution is -0.143. The first kappa shape index (κ1) is 16.4. The lowest BCUT2D eigenvalue weighted by Gasteiger charge is -2.29. The topological polar surface area (TPSA) is 116 Å². The van der Waals surface area contributed by atoms with Crippen molar-refractivity contribution in [3.8, 4) is 0 Å². The molecule has 1 fully saturated rings. The molecule has 7 nitrogen and oxygen atoms in total. The Morgan fingerprint density at radius 1 is 1.35 bits per heavy atom. The largest absolute Gasteiger partial charge is 0.481 e. The molecule has 1 heterocycles. The van der Waals surface area contributed by atoms with Crippen LogP contribution in [0.25, 0.3) is 0 Å². The van der Waals surface area contributed by atoms with Crippen LogP contribution in [0, 0.1) is 5.92 Å². The number of hydrogen-bond acceptors (Lipinski definition) is 4. The van der Waals surface area contributed by atoms with Crippen molar-refractivity contribution in [1.82, 2.24) is 10.6 Å². The van der Waals surface area contributed by atoms with Crippen molar-refractivity contribution >= 4 is 17.8 Å². The number of carboxylic acid groups (broad SMARTS) is 2. The Bertz CT molecular complexity index is 372. The van der Waals surface area contributed by atoms with Crippen LogP contribution in [0.15, 0.2) is 0 Å². The van der Waals surface area contributed by atoms with E-state index in [0.29, 0.717) is 12.3 Å². The molecule has 0 bridgehead atoms. The number of carbonyl (C=O) groups excluding carboxylic acids is 1. The van der Waals surface area contributed by atoms with Crippen LogP contribution < -0.4 is 10.6 Å². The van der Waals surface area contributed by atoms with E-state index in [2.05, 4.69) is 17.6 Å². The van der Waals surface area contributed by atoms with E-state index < -0.39 is 18.0 Å². The Morgan fingerprint density at radius 2 is 2.05 bits per heavy atom. The van der Waals surface area contributed by atoms with E-state index in [1.165, 1.54) is 0 Å². The maximum Gasteiger partial charge on any atom is 0.326 e. The smallest absolute Gasteiger partial charge is 0.326 e. The minimum absolute atomic E-state index is 0.111. The summed E-state index contributed by atoms with van der Waals surface area (Å²) in [7, 11) is 0. The highest BCUT2D eigenvalue weighted by Gasteiger charge is 2.29. The number of amides is 1. The molecule has 0 spiro atoms. The average Bonchev–Trinajstić information content (AvgIpc) is 2.42. The highest BCUT2D eigenvalue weighted by Crippen LogP contribution is 2.19. The van der Waals surface area contributed by atoms with Crippen molar-refractivity contribution in [2.24, 2.45) is 5.92 Å². The predicted molar refractivity (Wildman–Crippen MR) is 71.2 cm³/mol. The van der Waals surface area contributed by atoms with Crippen LogP contribution in [0.2, 0.25) is 0 Å². The van der Waals surface area contributed by atoms with E-state index in [1.54, 1.807) is 0 Å². The normalized spacial score (nSPS) is 23.9. The Hall–Kier alpha value is -1.63. The minimum Gasteiger partial charge on any atom is -0.481 e. The molecule has 3 atom stereocenters. The second-order valence-electron chi connectivity index (χ2n) is 5.14. The second-order valence-corrected chi connectivity index (χ2v) is 5.14. The minimum atomic E-state index is -1.21. The molecule has 1 saturated heterocycles. The van der Waals surface area contributed by atoms with E-state index in [4.69, 9.17) is 10.2 Å². The summed E-state index contributed by atoms with van der Waals surface area (Å²) in [6.45, 7) is 2.81. The van der Waals surface area contributed by atoms with Crippen molar-refractivity contribution < 1.29 is 24.6 Å². The van der Waals surface area contributed by atoms with Gasteiger partial charge in [-0.15, -0.1) is 0 Å². The second kappa shape index (κ2) is 7.84. The molecule has 0 aromatic rings. The molecule has 1 rings (SSSR count). The lowest BCUT2D eigenvalue weighted by atomic mass is 9.90. The first-order valence-corrected chi connectivity index (χ1v) is 6.92. The third kappa shape index (κ3) is 5.16. The van der Waals surface area contributed by atoms with Gasteiger partial charge >= 0.3 is 11.9 Å². The van der Waals surface area contributed by atoms with Crippen molar-refractivity contribution in [2.45, 2.75) is 51.1 Å². The standard InChI is InChI=1S/C13H22N2O5/c1-2-8-5-6-14-10(7-8)12(18)15-9(13(19)20)3-4-11(16)17/h8-10,14H,2-7H2,1H3,(H,15,18)(H,16,17)(H,19,20). The van der Waals surface area contributed by atoms with Gasteiger partial charge in [0.25, 0.3) is 0 Å². The molecular formula is C13H22N2O5. The Balaban J connectivity index is 2.52. The maximum absolute atomic E-state index is 12.0. The van der Waals surface area contributed by atoms with E-state index >= 15 is 0 Å². The molecule has 4 N–H and O–H groups in total. The summed E-state index contributed by atoms with van der Waals surface area (Å²) in [5, 5.41) is 23.1. The first-order chi connectivity index (χ1) is 9.43. The van der Waals surface area contributed by atoms with Gasteiger partial charge in [0.15, 0.2) is 0 Å². The van der Waals surface area contributed by atoms with Crippen LogP contribution in [0.3, 0.4) is 0 Å². The molecule has 114 valence electrons. The summed E-state index contributed by atoms with van der Waals surface area (Å²) in [6.07, 6.45) is 2.30. The molecule has 0 aliphatic carbocycles. The molecule has 1 aliphatic heterocycles. The molecule has 20 heavy (non-hydrogen) atoms. The van der Waals surface area contributed by atoms with Gasteiger partial charge in [-0.1, -0.05) is 13.3 Å². The van der Waals surface area contributed by atoms with Gasteiger partial charge < -0.3 is 20.8 Å². The quantitative estimate of drug-likeness (QED) is 0.531. The van der Waals surface area contributed by atoms with Crippen LogP contribution >= 0.6 is 0 Å². The summed E-state index contributed by atoms with van der Waals surface area (Å²) in [5.74, 6) is -2.18. The Kier molecular flexibility index (Phi) is 6.44. The van der Waals surface area contributed by atoms with Crippen molar-refractivity contribution in [1.29, 1.82) is 0 Å². The van der Waals surface area contributed by atoms with Crippen LogP contribution in [-0.2, 0) is 14.4 Å². The van der Waals surface area contributed by atoms with Gasteiger partial charge in [-0.3, -0.25) is 9.59 Å². The number of aliphatic carboxylic acids is 2. The SMILES string of the molecule is CCC1CCNC(C(=O)NC(CCC(=O)O)C(=O)O)C1. The number of nitrogens with one attached hydrogen (secondary N) is 2. The number of piperidine rings is 1. The van der Waals surface area contributed by atoms with Gasteiger partial charge in [0.1, 0.15) is 6.04 Å². The fourth-order valence-electron chi connectivity index (χ4n) is 2.36. The van der Waals surface area contributed by atoms with Gasteiger partial charge in [-0.05, 0) is 31.7 Å². The zero-order chi connectivity index (χ0) is 15.1. The maximum atomic E-state index is 12.0.